The van der Waals surface area contributed by atoms with E-state index in [0.717, 1.165) is 19.3 Å². The Bertz CT molecular complexity index is 238. The number of hydrogen-bond acceptors (Lipinski definition) is 6. The number of carbonyl (C=O) groups is 1. The zero-order chi connectivity index (χ0) is 15.8. The van der Waals surface area contributed by atoms with Crippen molar-refractivity contribution in [1.29, 1.82) is 0 Å². The van der Waals surface area contributed by atoms with Gasteiger partial charge < -0.3 is 24.7 Å². The van der Waals surface area contributed by atoms with Crippen molar-refractivity contribution in [3.8, 4) is 0 Å². The van der Waals surface area contributed by atoms with Gasteiger partial charge in [-0.05, 0) is 25.3 Å². The van der Waals surface area contributed by atoms with E-state index in [1.807, 2.05) is 0 Å². The molecule has 126 valence electrons. The van der Waals surface area contributed by atoms with Crippen molar-refractivity contribution >= 4 is 5.97 Å². The molecule has 0 aromatic rings. The molecule has 0 saturated heterocycles. The van der Waals surface area contributed by atoms with Gasteiger partial charge in [0, 0.05) is 13.5 Å². The van der Waals surface area contributed by atoms with Crippen molar-refractivity contribution in [2.24, 2.45) is 11.7 Å². The second kappa shape index (κ2) is 15.7. The van der Waals surface area contributed by atoms with Crippen LogP contribution in [0.4, 0.5) is 0 Å². The number of hydrogen-bond donors (Lipinski definition) is 1. The summed E-state index contributed by atoms with van der Waals surface area (Å²) in [5, 5.41) is 0. The minimum atomic E-state index is -0.162. The maximum Gasteiger partial charge on any atom is 0.305 e. The minimum absolute atomic E-state index is 0.162. The highest BCUT2D eigenvalue weighted by molar-refractivity contribution is 5.69. The van der Waals surface area contributed by atoms with Crippen LogP contribution in [0.15, 0.2) is 0 Å². The summed E-state index contributed by atoms with van der Waals surface area (Å²) in [6.45, 7) is 5.66. The summed E-state index contributed by atoms with van der Waals surface area (Å²) in [5.41, 5.74) is 5.53. The van der Waals surface area contributed by atoms with Crippen LogP contribution in [0.1, 0.15) is 32.6 Å². The average molecular weight is 305 g/mol. The van der Waals surface area contributed by atoms with Crippen molar-refractivity contribution in [2.45, 2.75) is 32.6 Å². The van der Waals surface area contributed by atoms with Crippen LogP contribution in [0.2, 0.25) is 0 Å². The van der Waals surface area contributed by atoms with Gasteiger partial charge in [-0.15, -0.1) is 0 Å². The van der Waals surface area contributed by atoms with Crippen LogP contribution in [-0.4, -0.2) is 59.3 Å². The highest BCUT2D eigenvalue weighted by atomic mass is 16.6. The predicted molar refractivity (Wildman–Crippen MR) is 81.2 cm³/mol. The molecule has 0 aliphatic heterocycles. The second-order valence-corrected chi connectivity index (χ2v) is 4.83. The maximum atomic E-state index is 11.5. The van der Waals surface area contributed by atoms with E-state index in [0.29, 0.717) is 58.5 Å². The molecule has 0 aromatic carbocycles. The van der Waals surface area contributed by atoms with Gasteiger partial charge in [0.05, 0.1) is 33.0 Å². The second-order valence-electron chi connectivity index (χ2n) is 4.83. The van der Waals surface area contributed by atoms with Gasteiger partial charge in [0.1, 0.15) is 6.61 Å². The topological polar surface area (TPSA) is 80.0 Å². The van der Waals surface area contributed by atoms with Gasteiger partial charge in [-0.2, -0.15) is 0 Å². The fraction of sp³-hybridized carbons (Fsp3) is 0.933. The predicted octanol–water partition coefficient (Wildman–Crippen LogP) is 1.36. The number of methoxy groups -OCH3 is 1. The van der Waals surface area contributed by atoms with Gasteiger partial charge >= 0.3 is 5.97 Å². The quantitative estimate of drug-likeness (QED) is 0.363. The van der Waals surface area contributed by atoms with Gasteiger partial charge in [0.2, 0.25) is 0 Å². The summed E-state index contributed by atoms with van der Waals surface area (Å²) in [7, 11) is 1.63. The lowest BCUT2D eigenvalue weighted by Gasteiger charge is -2.12. The molecular formula is C15H31NO5. The van der Waals surface area contributed by atoms with Crippen LogP contribution in [0.25, 0.3) is 0 Å². The zero-order valence-electron chi connectivity index (χ0n) is 13.5. The van der Waals surface area contributed by atoms with Crippen LogP contribution < -0.4 is 5.73 Å². The van der Waals surface area contributed by atoms with E-state index < -0.39 is 0 Å². The summed E-state index contributed by atoms with van der Waals surface area (Å²) >= 11 is 0. The summed E-state index contributed by atoms with van der Waals surface area (Å²) in [6.07, 6.45) is 3.33. The Labute approximate surface area is 128 Å². The molecule has 0 aliphatic carbocycles. The fourth-order valence-corrected chi connectivity index (χ4v) is 1.86. The van der Waals surface area contributed by atoms with Gasteiger partial charge in [-0.25, -0.2) is 0 Å². The molecule has 0 heterocycles. The highest BCUT2D eigenvalue weighted by Crippen LogP contribution is 2.14. The van der Waals surface area contributed by atoms with Gasteiger partial charge in [-0.3, -0.25) is 4.79 Å². The molecule has 0 fully saturated rings. The number of rotatable bonds is 15. The Morgan fingerprint density at radius 3 is 2.19 bits per heavy atom. The first-order chi connectivity index (χ1) is 10.2. The molecule has 6 heteroatoms. The summed E-state index contributed by atoms with van der Waals surface area (Å²) < 4.78 is 20.5. The van der Waals surface area contributed by atoms with Crippen LogP contribution in [0, 0.1) is 5.92 Å². The molecule has 0 aliphatic rings. The first-order valence-corrected chi connectivity index (χ1v) is 7.74. The lowest BCUT2D eigenvalue weighted by atomic mass is 9.97. The molecule has 21 heavy (non-hydrogen) atoms. The van der Waals surface area contributed by atoms with E-state index in [9.17, 15) is 4.79 Å². The fourth-order valence-electron chi connectivity index (χ4n) is 1.86. The van der Waals surface area contributed by atoms with Crippen LogP contribution in [-0.2, 0) is 23.7 Å². The average Bonchev–Trinajstić information content (AvgIpc) is 2.49. The third-order valence-electron chi connectivity index (χ3n) is 3.20. The van der Waals surface area contributed by atoms with Crippen molar-refractivity contribution in [1.82, 2.24) is 0 Å². The van der Waals surface area contributed by atoms with Gasteiger partial charge in [0.25, 0.3) is 0 Å². The Morgan fingerprint density at radius 1 is 1.00 bits per heavy atom. The molecule has 0 radical (unpaired) electrons. The van der Waals surface area contributed by atoms with Crippen molar-refractivity contribution in [2.75, 3.05) is 53.3 Å². The van der Waals surface area contributed by atoms with Crippen LogP contribution in [0.5, 0.6) is 0 Å². The SMILES string of the molecule is CCC(CCN)CCC(=O)OCCOCCOCCOC. The Kier molecular flexibility index (Phi) is 15.2. The first-order valence-electron chi connectivity index (χ1n) is 7.74. The number of esters is 1. The molecule has 1 atom stereocenters. The summed E-state index contributed by atoms with van der Waals surface area (Å²) in [4.78, 5) is 11.5. The smallest absolute Gasteiger partial charge is 0.305 e. The minimum Gasteiger partial charge on any atom is -0.463 e. The number of nitrogens with two attached hydrogens (primary N) is 1. The molecule has 0 bridgehead atoms. The lowest BCUT2D eigenvalue weighted by molar-refractivity contribution is -0.145. The van der Waals surface area contributed by atoms with E-state index in [1.54, 1.807) is 7.11 Å². The molecule has 0 aromatic heterocycles. The van der Waals surface area contributed by atoms with Crippen LogP contribution in [0.3, 0.4) is 0 Å². The van der Waals surface area contributed by atoms with Crippen molar-refractivity contribution in [3.63, 3.8) is 0 Å². The van der Waals surface area contributed by atoms with E-state index in [1.165, 1.54) is 0 Å². The van der Waals surface area contributed by atoms with Crippen molar-refractivity contribution < 1.29 is 23.7 Å². The molecule has 0 rings (SSSR count). The molecule has 6 nitrogen and oxygen atoms in total. The highest BCUT2D eigenvalue weighted by Gasteiger charge is 2.09. The van der Waals surface area contributed by atoms with E-state index in [2.05, 4.69) is 6.92 Å². The molecule has 0 amide bonds. The molecule has 2 N–H and O–H groups in total. The lowest BCUT2D eigenvalue weighted by Crippen LogP contribution is -2.15. The third-order valence-corrected chi connectivity index (χ3v) is 3.20. The Morgan fingerprint density at radius 2 is 1.62 bits per heavy atom. The maximum absolute atomic E-state index is 11.5. The van der Waals surface area contributed by atoms with Gasteiger partial charge in [0.15, 0.2) is 0 Å². The van der Waals surface area contributed by atoms with Crippen molar-refractivity contribution in [3.05, 3.63) is 0 Å². The third kappa shape index (κ3) is 14.0. The largest absolute Gasteiger partial charge is 0.463 e. The number of ether oxygens (including phenoxy) is 4. The molecule has 0 saturated carbocycles. The number of carbonyl (C=O) groups excluding carboxylic acids is 1. The summed E-state index contributed by atoms with van der Waals surface area (Å²) in [6, 6.07) is 0. The Hall–Kier alpha value is -0.690. The zero-order valence-corrected chi connectivity index (χ0v) is 13.5. The monoisotopic (exact) mass is 305 g/mol. The molecule has 1 unspecified atom stereocenters. The van der Waals surface area contributed by atoms with E-state index in [-0.39, 0.29) is 5.97 Å². The van der Waals surface area contributed by atoms with Crippen LogP contribution >= 0.6 is 0 Å². The van der Waals surface area contributed by atoms with Gasteiger partial charge in [-0.1, -0.05) is 13.3 Å². The molecule has 0 spiro atoms. The summed E-state index contributed by atoms with van der Waals surface area (Å²) in [5.74, 6) is 0.355. The molecular weight excluding hydrogens is 274 g/mol. The van der Waals surface area contributed by atoms with E-state index in [4.69, 9.17) is 24.7 Å². The standard InChI is InChI=1S/C15H31NO5/c1-3-14(6-7-16)4-5-15(17)21-13-12-20-11-10-19-9-8-18-2/h14H,3-13,16H2,1-2H3. The Balaban J connectivity index is 3.33. The normalized spacial score (nSPS) is 12.3. The van der Waals surface area contributed by atoms with E-state index >= 15 is 0 Å². The first kappa shape index (κ1) is 20.3.